The molecule has 106 valence electrons. The summed E-state index contributed by atoms with van der Waals surface area (Å²) >= 11 is 0. The third-order valence-electron chi connectivity index (χ3n) is 2.69. The number of aliphatic hydroxyl groups excluding tert-OH is 1. The van der Waals surface area contributed by atoms with E-state index in [1.165, 1.54) is 12.1 Å². The number of pyridine rings is 1. The number of aliphatic hydroxyl groups is 1. The molecule has 0 spiro atoms. The van der Waals surface area contributed by atoms with E-state index in [1.807, 2.05) is 0 Å². The van der Waals surface area contributed by atoms with Gasteiger partial charge in [0.25, 0.3) is 0 Å². The highest BCUT2D eigenvalue weighted by Gasteiger charge is 2.34. The third-order valence-corrected chi connectivity index (χ3v) is 2.69. The first kappa shape index (κ1) is 14.4. The zero-order valence-corrected chi connectivity index (χ0v) is 9.88. The second-order valence-corrected chi connectivity index (χ2v) is 3.98. The Kier molecular flexibility index (Phi) is 3.71. The van der Waals surface area contributed by atoms with E-state index in [-0.39, 0.29) is 11.3 Å². The van der Waals surface area contributed by atoms with Gasteiger partial charge in [0.2, 0.25) is 0 Å². The Morgan fingerprint density at radius 2 is 1.85 bits per heavy atom. The second kappa shape index (κ2) is 5.16. The first-order valence-corrected chi connectivity index (χ1v) is 5.46. The highest BCUT2D eigenvalue weighted by atomic mass is 19.4. The molecule has 0 amide bonds. The van der Waals surface area contributed by atoms with E-state index in [4.69, 9.17) is 5.11 Å². The predicted octanol–water partition coefficient (Wildman–Crippen LogP) is 3.54. The minimum absolute atomic E-state index is 0.181. The third kappa shape index (κ3) is 2.62. The molecule has 0 atom stereocenters. The molecule has 1 heterocycles. The van der Waals surface area contributed by atoms with E-state index in [2.05, 4.69) is 4.98 Å². The normalized spacial score (nSPS) is 11.7. The number of halogens is 5. The molecule has 0 radical (unpaired) electrons. The Balaban J connectivity index is 2.58. The van der Waals surface area contributed by atoms with Gasteiger partial charge >= 0.3 is 6.18 Å². The van der Waals surface area contributed by atoms with Gasteiger partial charge in [-0.3, -0.25) is 4.98 Å². The highest BCUT2D eigenvalue weighted by Crippen LogP contribution is 2.33. The van der Waals surface area contributed by atoms with Gasteiger partial charge in [-0.05, 0) is 23.8 Å². The Labute approximate surface area is 110 Å². The van der Waals surface area contributed by atoms with Crippen molar-refractivity contribution in [3.05, 3.63) is 53.2 Å². The minimum Gasteiger partial charge on any atom is -0.392 e. The molecule has 0 aliphatic carbocycles. The Hall–Kier alpha value is -2.02. The maximum absolute atomic E-state index is 13.6. The molecule has 2 aromatic rings. The van der Waals surface area contributed by atoms with Crippen molar-refractivity contribution in [2.75, 3.05) is 0 Å². The Morgan fingerprint density at radius 3 is 2.45 bits per heavy atom. The van der Waals surface area contributed by atoms with E-state index in [0.29, 0.717) is 6.20 Å². The first-order valence-electron chi connectivity index (χ1n) is 5.46. The van der Waals surface area contributed by atoms with Crippen LogP contribution in [0.3, 0.4) is 0 Å². The quantitative estimate of drug-likeness (QED) is 0.858. The summed E-state index contributed by atoms with van der Waals surface area (Å²) in [6.45, 7) is -0.888. The van der Waals surface area contributed by atoms with Crippen LogP contribution in [0.4, 0.5) is 22.0 Å². The van der Waals surface area contributed by atoms with Crippen LogP contribution in [0, 0.1) is 11.6 Å². The summed E-state index contributed by atoms with van der Waals surface area (Å²) < 4.78 is 64.5. The molecular weight excluding hydrogens is 281 g/mol. The van der Waals surface area contributed by atoms with Crippen LogP contribution in [0.25, 0.3) is 11.3 Å². The van der Waals surface area contributed by atoms with Gasteiger partial charge < -0.3 is 5.11 Å². The number of nitrogens with zero attached hydrogens (tertiary/aromatic N) is 1. The summed E-state index contributed by atoms with van der Waals surface area (Å²) in [5, 5.41) is 8.98. The SMILES string of the molecule is OCc1cc(-c2cccc(F)c2F)ncc1C(F)(F)F. The fourth-order valence-corrected chi connectivity index (χ4v) is 1.73. The Morgan fingerprint density at radius 1 is 1.15 bits per heavy atom. The van der Waals surface area contributed by atoms with Crippen LogP contribution in [0.2, 0.25) is 0 Å². The van der Waals surface area contributed by atoms with Gasteiger partial charge in [0.15, 0.2) is 11.6 Å². The summed E-state index contributed by atoms with van der Waals surface area (Å²) in [6.07, 6.45) is -4.19. The molecule has 7 heteroatoms. The van der Waals surface area contributed by atoms with Crippen LogP contribution in [-0.4, -0.2) is 10.1 Å². The summed E-state index contributed by atoms with van der Waals surface area (Å²) in [7, 11) is 0. The fraction of sp³-hybridized carbons (Fsp3) is 0.154. The smallest absolute Gasteiger partial charge is 0.392 e. The lowest BCUT2D eigenvalue weighted by molar-refractivity contribution is -0.138. The maximum Gasteiger partial charge on any atom is 0.418 e. The molecule has 0 unspecified atom stereocenters. The molecule has 0 aliphatic heterocycles. The predicted molar refractivity (Wildman–Crippen MR) is 60.5 cm³/mol. The van der Waals surface area contributed by atoms with Gasteiger partial charge in [-0.25, -0.2) is 8.78 Å². The van der Waals surface area contributed by atoms with Crippen molar-refractivity contribution in [2.24, 2.45) is 0 Å². The van der Waals surface area contributed by atoms with Crippen LogP contribution in [0.5, 0.6) is 0 Å². The van der Waals surface area contributed by atoms with E-state index >= 15 is 0 Å². The molecule has 0 bridgehead atoms. The summed E-state index contributed by atoms with van der Waals surface area (Å²) in [4.78, 5) is 3.49. The van der Waals surface area contributed by atoms with Crippen LogP contribution in [0.15, 0.2) is 30.5 Å². The fourth-order valence-electron chi connectivity index (χ4n) is 1.73. The number of rotatable bonds is 2. The van der Waals surface area contributed by atoms with Gasteiger partial charge in [-0.1, -0.05) is 6.07 Å². The van der Waals surface area contributed by atoms with Gasteiger partial charge in [0, 0.05) is 11.8 Å². The van der Waals surface area contributed by atoms with Crippen LogP contribution >= 0.6 is 0 Å². The van der Waals surface area contributed by atoms with E-state index in [0.717, 1.165) is 12.1 Å². The number of alkyl halides is 3. The minimum atomic E-state index is -4.68. The monoisotopic (exact) mass is 289 g/mol. The standard InChI is InChI=1S/C13H8F5NO/c14-10-3-1-2-8(12(10)15)11-4-7(6-20)9(5-19-11)13(16,17)18/h1-5,20H,6H2. The van der Waals surface area contributed by atoms with Crippen molar-refractivity contribution in [1.29, 1.82) is 0 Å². The average Bonchev–Trinajstić information content (AvgIpc) is 2.40. The summed E-state index contributed by atoms with van der Waals surface area (Å²) in [5.74, 6) is -2.33. The van der Waals surface area contributed by atoms with E-state index in [1.54, 1.807) is 0 Å². The van der Waals surface area contributed by atoms with Gasteiger partial charge in [0.05, 0.1) is 17.9 Å². The molecule has 2 rings (SSSR count). The van der Waals surface area contributed by atoms with Crippen molar-refractivity contribution < 1.29 is 27.1 Å². The molecule has 2 nitrogen and oxygen atoms in total. The van der Waals surface area contributed by atoms with Crippen LogP contribution in [-0.2, 0) is 12.8 Å². The highest BCUT2D eigenvalue weighted by molar-refractivity contribution is 5.61. The lowest BCUT2D eigenvalue weighted by Crippen LogP contribution is -2.10. The number of hydrogen-bond acceptors (Lipinski definition) is 2. The van der Waals surface area contributed by atoms with Crippen molar-refractivity contribution >= 4 is 0 Å². The van der Waals surface area contributed by atoms with Crippen LogP contribution < -0.4 is 0 Å². The molecule has 20 heavy (non-hydrogen) atoms. The lowest BCUT2D eigenvalue weighted by atomic mass is 10.0. The Bertz CT molecular complexity index is 639. The largest absolute Gasteiger partial charge is 0.418 e. The number of aromatic nitrogens is 1. The van der Waals surface area contributed by atoms with E-state index in [9.17, 15) is 22.0 Å². The van der Waals surface area contributed by atoms with Crippen molar-refractivity contribution in [2.45, 2.75) is 12.8 Å². The lowest BCUT2D eigenvalue weighted by Gasteiger charge is -2.12. The average molecular weight is 289 g/mol. The second-order valence-electron chi connectivity index (χ2n) is 3.98. The first-order chi connectivity index (χ1) is 9.34. The zero-order chi connectivity index (χ0) is 14.9. The maximum atomic E-state index is 13.6. The molecule has 0 saturated carbocycles. The molecule has 1 aromatic carbocycles. The zero-order valence-electron chi connectivity index (χ0n) is 9.88. The van der Waals surface area contributed by atoms with E-state index < -0.39 is 35.5 Å². The summed E-state index contributed by atoms with van der Waals surface area (Å²) in [6, 6.07) is 4.18. The molecule has 1 aromatic heterocycles. The molecule has 0 fully saturated rings. The molecule has 0 saturated heterocycles. The molecular formula is C13H8F5NO. The van der Waals surface area contributed by atoms with Gasteiger partial charge in [-0.15, -0.1) is 0 Å². The van der Waals surface area contributed by atoms with Crippen molar-refractivity contribution in [3.63, 3.8) is 0 Å². The summed E-state index contributed by atoms with van der Waals surface area (Å²) in [5.41, 5.74) is -2.01. The van der Waals surface area contributed by atoms with Crippen molar-refractivity contribution in [3.8, 4) is 11.3 Å². The van der Waals surface area contributed by atoms with Crippen molar-refractivity contribution in [1.82, 2.24) is 4.98 Å². The topological polar surface area (TPSA) is 33.1 Å². The molecule has 0 aliphatic rings. The van der Waals surface area contributed by atoms with Crippen LogP contribution in [0.1, 0.15) is 11.1 Å². The number of benzene rings is 1. The molecule has 1 N–H and O–H groups in total. The van der Waals surface area contributed by atoms with Gasteiger partial charge in [-0.2, -0.15) is 13.2 Å². The van der Waals surface area contributed by atoms with Gasteiger partial charge in [0.1, 0.15) is 0 Å². The number of hydrogen-bond donors (Lipinski definition) is 1.